The zero-order valence-corrected chi connectivity index (χ0v) is 14.5. The summed E-state index contributed by atoms with van der Waals surface area (Å²) in [6.07, 6.45) is 1.49. The van der Waals surface area contributed by atoms with Crippen molar-refractivity contribution in [1.29, 1.82) is 0 Å². The Hall–Kier alpha value is -2.22. The minimum Gasteiger partial charge on any atom is -0.486 e. The van der Waals surface area contributed by atoms with E-state index in [1.165, 1.54) is 11.8 Å². The Morgan fingerprint density at radius 2 is 2.21 bits per heavy atom. The third-order valence-electron chi connectivity index (χ3n) is 3.52. The minimum absolute atomic E-state index is 0.0687. The Morgan fingerprint density at radius 3 is 3.00 bits per heavy atom. The molecule has 1 aliphatic rings. The molecular formula is C16H20N4O3S. The molecule has 1 aromatic heterocycles. The second-order valence-electron chi connectivity index (χ2n) is 5.70. The van der Waals surface area contributed by atoms with E-state index < -0.39 is 0 Å². The lowest BCUT2D eigenvalue weighted by atomic mass is 10.2. The summed E-state index contributed by atoms with van der Waals surface area (Å²) in [6.45, 7) is 4.92. The van der Waals surface area contributed by atoms with E-state index in [0.717, 1.165) is 10.9 Å². The van der Waals surface area contributed by atoms with Crippen LogP contribution in [0, 0.1) is 0 Å². The lowest BCUT2D eigenvalue weighted by Gasteiger charge is -2.26. The fraction of sp³-hybridized carbons (Fsp3) is 0.438. The topological polar surface area (TPSA) is 78.3 Å². The lowest BCUT2D eigenvalue weighted by molar-refractivity contribution is -0.119. The zero-order valence-electron chi connectivity index (χ0n) is 13.6. The van der Waals surface area contributed by atoms with Crippen LogP contribution in [-0.2, 0) is 4.79 Å². The van der Waals surface area contributed by atoms with Crippen molar-refractivity contribution >= 4 is 17.7 Å². The van der Waals surface area contributed by atoms with Crippen LogP contribution in [-0.4, -0.2) is 45.7 Å². The summed E-state index contributed by atoms with van der Waals surface area (Å²) in [5, 5.41) is 11.5. The molecule has 3 rings (SSSR count). The van der Waals surface area contributed by atoms with E-state index in [0.29, 0.717) is 18.9 Å². The van der Waals surface area contributed by atoms with Crippen LogP contribution in [0.4, 0.5) is 0 Å². The van der Waals surface area contributed by atoms with E-state index in [2.05, 4.69) is 15.5 Å². The Balaban J connectivity index is 1.44. The van der Waals surface area contributed by atoms with Gasteiger partial charge in [0.25, 0.3) is 0 Å². The van der Waals surface area contributed by atoms with Crippen LogP contribution >= 0.6 is 11.8 Å². The van der Waals surface area contributed by atoms with Crippen LogP contribution < -0.4 is 14.8 Å². The van der Waals surface area contributed by atoms with Crippen molar-refractivity contribution in [2.45, 2.75) is 31.1 Å². The van der Waals surface area contributed by atoms with Crippen molar-refractivity contribution in [2.24, 2.45) is 0 Å². The maximum atomic E-state index is 12.0. The predicted molar refractivity (Wildman–Crippen MR) is 90.5 cm³/mol. The Labute approximate surface area is 144 Å². The number of amides is 1. The third kappa shape index (κ3) is 4.00. The number of aromatic nitrogens is 3. The van der Waals surface area contributed by atoms with Gasteiger partial charge in [0.2, 0.25) is 5.91 Å². The maximum Gasteiger partial charge on any atom is 0.230 e. The number of fused-ring (bicyclic) bond motifs is 1. The van der Waals surface area contributed by atoms with Crippen molar-refractivity contribution in [2.75, 3.05) is 18.9 Å². The molecule has 7 nitrogen and oxygen atoms in total. The molecule has 1 amide bonds. The molecule has 128 valence electrons. The van der Waals surface area contributed by atoms with Gasteiger partial charge >= 0.3 is 0 Å². The Morgan fingerprint density at radius 1 is 1.42 bits per heavy atom. The quantitative estimate of drug-likeness (QED) is 0.804. The van der Waals surface area contributed by atoms with E-state index >= 15 is 0 Å². The average Bonchev–Trinajstić information content (AvgIpc) is 3.07. The molecule has 0 saturated carbocycles. The predicted octanol–water partition coefficient (Wildman–Crippen LogP) is 1.91. The van der Waals surface area contributed by atoms with Gasteiger partial charge in [-0.15, -0.1) is 10.2 Å². The van der Waals surface area contributed by atoms with Gasteiger partial charge in [-0.05, 0) is 26.0 Å². The van der Waals surface area contributed by atoms with Crippen LogP contribution in [0.5, 0.6) is 11.5 Å². The molecule has 1 aliphatic heterocycles. The van der Waals surface area contributed by atoms with Gasteiger partial charge in [0.1, 0.15) is 19.0 Å². The number of rotatable bonds is 6. The molecule has 0 saturated heterocycles. The number of carbonyl (C=O) groups excluding carboxylic acids is 1. The van der Waals surface area contributed by atoms with Crippen LogP contribution in [0.2, 0.25) is 0 Å². The number of hydrogen-bond acceptors (Lipinski definition) is 6. The van der Waals surface area contributed by atoms with Crippen LogP contribution in [0.1, 0.15) is 19.9 Å². The maximum absolute atomic E-state index is 12.0. The van der Waals surface area contributed by atoms with E-state index in [1.807, 2.05) is 42.7 Å². The van der Waals surface area contributed by atoms with Gasteiger partial charge in [-0.3, -0.25) is 4.79 Å². The van der Waals surface area contributed by atoms with E-state index in [1.54, 1.807) is 6.33 Å². The smallest absolute Gasteiger partial charge is 0.230 e. The number of nitrogens with one attached hydrogen (secondary N) is 1. The largest absolute Gasteiger partial charge is 0.486 e. The van der Waals surface area contributed by atoms with Crippen molar-refractivity contribution in [3.63, 3.8) is 0 Å². The SMILES string of the molecule is CC(C)n1cnnc1SCC(=O)NC[C@@H]1COc2ccccc2O1. The standard InChI is InChI=1S/C16H20N4O3S/c1-11(2)20-10-18-19-16(20)24-9-15(21)17-7-12-8-22-13-5-3-4-6-14(13)23-12/h3-6,10-12H,7-9H2,1-2H3,(H,17,21)/t12-/m1/s1. The number of carbonyl (C=O) groups is 1. The number of nitrogens with zero attached hydrogens (tertiary/aromatic N) is 3. The molecule has 0 fully saturated rings. The lowest BCUT2D eigenvalue weighted by Crippen LogP contribution is -2.41. The highest BCUT2D eigenvalue weighted by atomic mass is 32.2. The summed E-state index contributed by atoms with van der Waals surface area (Å²) in [5.41, 5.74) is 0. The average molecular weight is 348 g/mol. The highest BCUT2D eigenvalue weighted by Gasteiger charge is 2.21. The van der Waals surface area contributed by atoms with Gasteiger partial charge in [0, 0.05) is 6.04 Å². The van der Waals surface area contributed by atoms with Crippen molar-refractivity contribution < 1.29 is 14.3 Å². The third-order valence-corrected chi connectivity index (χ3v) is 4.48. The van der Waals surface area contributed by atoms with Gasteiger partial charge in [-0.25, -0.2) is 0 Å². The summed E-state index contributed by atoms with van der Waals surface area (Å²) in [6, 6.07) is 7.78. The van der Waals surface area contributed by atoms with Gasteiger partial charge < -0.3 is 19.4 Å². The second-order valence-corrected chi connectivity index (χ2v) is 6.65. The zero-order chi connectivity index (χ0) is 16.9. The first-order chi connectivity index (χ1) is 11.6. The van der Waals surface area contributed by atoms with Crippen LogP contribution in [0.25, 0.3) is 0 Å². The van der Waals surface area contributed by atoms with Crippen molar-refractivity contribution in [3.05, 3.63) is 30.6 Å². The molecule has 2 heterocycles. The highest BCUT2D eigenvalue weighted by Crippen LogP contribution is 2.30. The first-order valence-corrected chi connectivity index (χ1v) is 8.79. The molecule has 0 spiro atoms. The molecule has 0 radical (unpaired) electrons. The molecule has 1 aromatic carbocycles. The summed E-state index contributed by atoms with van der Waals surface area (Å²) in [7, 11) is 0. The fourth-order valence-corrected chi connectivity index (χ4v) is 3.14. The minimum atomic E-state index is -0.187. The molecule has 0 aliphatic carbocycles. The van der Waals surface area contributed by atoms with E-state index in [9.17, 15) is 4.79 Å². The number of ether oxygens (including phenoxy) is 2. The first-order valence-electron chi connectivity index (χ1n) is 7.81. The fourth-order valence-electron chi connectivity index (χ4n) is 2.26. The Bertz CT molecular complexity index is 704. The number of thioether (sulfide) groups is 1. The molecule has 2 aromatic rings. The van der Waals surface area contributed by atoms with Gasteiger partial charge in [-0.1, -0.05) is 23.9 Å². The van der Waals surface area contributed by atoms with Gasteiger partial charge in [0.15, 0.2) is 16.7 Å². The molecule has 1 N–H and O–H groups in total. The number of benzene rings is 1. The van der Waals surface area contributed by atoms with Gasteiger partial charge in [0.05, 0.1) is 12.3 Å². The van der Waals surface area contributed by atoms with Crippen molar-refractivity contribution in [1.82, 2.24) is 20.1 Å². The highest BCUT2D eigenvalue weighted by molar-refractivity contribution is 7.99. The van der Waals surface area contributed by atoms with E-state index in [-0.39, 0.29) is 23.8 Å². The first kappa shape index (κ1) is 16.6. The van der Waals surface area contributed by atoms with Crippen molar-refractivity contribution in [3.8, 4) is 11.5 Å². The van der Waals surface area contributed by atoms with Crippen LogP contribution in [0.15, 0.2) is 35.7 Å². The van der Waals surface area contributed by atoms with E-state index in [4.69, 9.17) is 9.47 Å². The summed E-state index contributed by atoms with van der Waals surface area (Å²) in [4.78, 5) is 12.0. The molecule has 1 atom stereocenters. The van der Waals surface area contributed by atoms with Gasteiger partial charge in [-0.2, -0.15) is 0 Å². The summed E-state index contributed by atoms with van der Waals surface area (Å²) in [5.74, 6) is 1.67. The number of hydrogen-bond donors (Lipinski definition) is 1. The number of para-hydroxylation sites is 2. The molecule has 24 heavy (non-hydrogen) atoms. The van der Waals surface area contributed by atoms with Crippen LogP contribution in [0.3, 0.4) is 0 Å². The molecule has 0 bridgehead atoms. The summed E-state index contributed by atoms with van der Waals surface area (Å²) < 4.78 is 13.4. The molecular weight excluding hydrogens is 328 g/mol. The molecule has 8 heteroatoms. The molecule has 0 unspecified atom stereocenters. The normalized spacial score (nSPS) is 16.2. The second kappa shape index (κ2) is 7.57. The Kier molecular flexibility index (Phi) is 5.24. The monoisotopic (exact) mass is 348 g/mol. The summed E-state index contributed by atoms with van der Waals surface area (Å²) >= 11 is 1.37.